The number of ether oxygens (including phenoxy) is 1. The summed E-state index contributed by atoms with van der Waals surface area (Å²) < 4.78 is 5.30. The Balaban J connectivity index is 1.60. The molecule has 1 saturated heterocycles. The molecule has 0 spiro atoms. The molecule has 2 aliphatic rings. The molecule has 1 aliphatic heterocycles. The number of nitrogens with zero attached hydrogens (tertiary/aromatic N) is 2. The van der Waals surface area contributed by atoms with Gasteiger partial charge in [-0.25, -0.2) is 0 Å². The van der Waals surface area contributed by atoms with E-state index in [1.165, 1.54) is 6.20 Å². The average Bonchev–Trinajstić information content (AvgIpc) is 2.60. The van der Waals surface area contributed by atoms with Gasteiger partial charge in [-0.05, 0) is 25.1 Å². The first-order valence-electron chi connectivity index (χ1n) is 7.66. The van der Waals surface area contributed by atoms with E-state index in [4.69, 9.17) is 16.3 Å². The molecule has 1 aliphatic carbocycles. The van der Waals surface area contributed by atoms with Crippen LogP contribution in [0.25, 0.3) is 0 Å². The predicted molar refractivity (Wildman–Crippen MR) is 85.7 cm³/mol. The quantitative estimate of drug-likeness (QED) is 0.816. The normalized spacial score (nSPS) is 19.0. The van der Waals surface area contributed by atoms with Gasteiger partial charge in [0.1, 0.15) is 16.4 Å². The van der Waals surface area contributed by atoms with Crippen molar-refractivity contribution in [1.82, 2.24) is 15.2 Å². The minimum Gasteiger partial charge on any atom is -0.380 e. The first kappa shape index (κ1) is 16.1. The Morgan fingerprint density at radius 1 is 1.26 bits per heavy atom. The Labute approximate surface area is 139 Å². The summed E-state index contributed by atoms with van der Waals surface area (Å²) in [6, 6.07) is 3.19. The van der Waals surface area contributed by atoms with Gasteiger partial charge >= 0.3 is 0 Å². The van der Waals surface area contributed by atoms with E-state index in [2.05, 4.69) is 15.2 Å². The number of nitrogens with one attached hydrogen (secondary N) is 1. The Morgan fingerprint density at radius 2 is 2.04 bits per heavy atom. The molecule has 122 valence electrons. The number of fused-ring (bicyclic) bond motifs is 1. The molecule has 0 aromatic carbocycles. The molecule has 0 bridgehead atoms. The van der Waals surface area contributed by atoms with Crippen molar-refractivity contribution in [3.8, 4) is 0 Å². The highest BCUT2D eigenvalue weighted by Gasteiger charge is 2.32. The van der Waals surface area contributed by atoms with E-state index in [9.17, 15) is 9.59 Å². The number of morpholine rings is 1. The number of hydrogen-bond acceptors (Lipinski definition) is 6. The van der Waals surface area contributed by atoms with E-state index < -0.39 is 0 Å². The molecular formula is C16H18ClN3O3. The van der Waals surface area contributed by atoms with Crippen molar-refractivity contribution in [1.29, 1.82) is 0 Å². The van der Waals surface area contributed by atoms with Gasteiger partial charge in [-0.15, -0.1) is 0 Å². The van der Waals surface area contributed by atoms with Gasteiger partial charge in [0.05, 0.1) is 18.8 Å². The smallest absolute Gasteiger partial charge is 0.229 e. The lowest BCUT2D eigenvalue weighted by Crippen LogP contribution is -2.38. The average molecular weight is 336 g/mol. The van der Waals surface area contributed by atoms with Crippen LogP contribution in [0.15, 0.2) is 29.1 Å². The molecule has 0 amide bonds. The SMILES string of the molecule is O=C1C(Cl)=C(NCCCN2CCOCC2)C(=O)c2ncccc21. The summed E-state index contributed by atoms with van der Waals surface area (Å²) in [4.78, 5) is 31.0. The van der Waals surface area contributed by atoms with Crippen molar-refractivity contribution in [2.45, 2.75) is 6.42 Å². The molecule has 7 heteroatoms. The summed E-state index contributed by atoms with van der Waals surface area (Å²) in [6.07, 6.45) is 2.35. The zero-order valence-corrected chi connectivity index (χ0v) is 13.4. The van der Waals surface area contributed by atoms with Gasteiger partial charge < -0.3 is 10.1 Å². The fourth-order valence-corrected chi connectivity index (χ4v) is 2.97. The van der Waals surface area contributed by atoms with Crippen LogP contribution in [0, 0.1) is 0 Å². The summed E-state index contributed by atoms with van der Waals surface area (Å²) >= 11 is 6.08. The summed E-state index contributed by atoms with van der Waals surface area (Å²) in [5.41, 5.74) is 0.587. The minimum atomic E-state index is -0.356. The summed E-state index contributed by atoms with van der Waals surface area (Å²) in [7, 11) is 0. The number of rotatable bonds is 5. The first-order chi connectivity index (χ1) is 11.2. The fraction of sp³-hybridized carbons (Fsp3) is 0.438. The van der Waals surface area contributed by atoms with Crippen LogP contribution < -0.4 is 5.32 Å². The number of allylic oxidation sites excluding steroid dienone is 2. The van der Waals surface area contributed by atoms with E-state index in [-0.39, 0.29) is 33.6 Å². The third kappa shape index (κ3) is 3.44. The van der Waals surface area contributed by atoms with E-state index in [0.29, 0.717) is 6.54 Å². The molecule has 1 N–H and O–H groups in total. The Bertz CT molecular complexity index is 654. The highest BCUT2D eigenvalue weighted by atomic mass is 35.5. The third-order valence-electron chi connectivity index (χ3n) is 3.97. The number of hydrogen-bond donors (Lipinski definition) is 1. The van der Waals surface area contributed by atoms with Crippen LogP contribution in [0.1, 0.15) is 27.3 Å². The number of carbonyl (C=O) groups is 2. The Hall–Kier alpha value is -1.76. The van der Waals surface area contributed by atoms with E-state index in [1.807, 2.05) is 0 Å². The van der Waals surface area contributed by atoms with Crippen LogP contribution in [0.5, 0.6) is 0 Å². The van der Waals surface area contributed by atoms with Crippen LogP contribution in [0.3, 0.4) is 0 Å². The number of carbonyl (C=O) groups excluding carboxylic acids is 2. The molecule has 1 aromatic rings. The van der Waals surface area contributed by atoms with Gasteiger partial charge in [0.15, 0.2) is 0 Å². The van der Waals surface area contributed by atoms with Crippen LogP contribution in [0.2, 0.25) is 0 Å². The third-order valence-corrected chi connectivity index (χ3v) is 4.33. The maximum absolute atomic E-state index is 12.4. The van der Waals surface area contributed by atoms with Crippen molar-refractivity contribution >= 4 is 23.2 Å². The second-order valence-corrected chi connectivity index (χ2v) is 5.86. The lowest BCUT2D eigenvalue weighted by atomic mass is 9.97. The van der Waals surface area contributed by atoms with Gasteiger partial charge in [-0.1, -0.05) is 11.6 Å². The molecule has 1 aromatic heterocycles. The monoisotopic (exact) mass is 335 g/mol. The van der Waals surface area contributed by atoms with Gasteiger partial charge in [0.25, 0.3) is 0 Å². The van der Waals surface area contributed by atoms with Crippen molar-refractivity contribution < 1.29 is 14.3 Å². The van der Waals surface area contributed by atoms with Crippen molar-refractivity contribution in [3.63, 3.8) is 0 Å². The lowest BCUT2D eigenvalue weighted by Gasteiger charge is -2.26. The zero-order chi connectivity index (χ0) is 16.2. The lowest BCUT2D eigenvalue weighted by molar-refractivity contribution is 0.0375. The fourth-order valence-electron chi connectivity index (χ4n) is 2.72. The molecule has 2 heterocycles. The molecule has 1 fully saturated rings. The second-order valence-electron chi connectivity index (χ2n) is 5.48. The van der Waals surface area contributed by atoms with Crippen LogP contribution in [-0.2, 0) is 4.74 Å². The predicted octanol–water partition coefficient (Wildman–Crippen LogP) is 1.22. The first-order valence-corrected chi connectivity index (χ1v) is 8.04. The van der Waals surface area contributed by atoms with Crippen molar-refractivity contribution in [2.75, 3.05) is 39.4 Å². The molecular weight excluding hydrogens is 318 g/mol. The number of pyridine rings is 1. The molecule has 6 nitrogen and oxygen atoms in total. The highest BCUT2D eigenvalue weighted by molar-refractivity contribution is 6.49. The summed E-state index contributed by atoms with van der Waals surface area (Å²) in [6.45, 7) is 4.87. The Kier molecular flexibility index (Phi) is 5.05. The Morgan fingerprint density at radius 3 is 2.83 bits per heavy atom. The van der Waals surface area contributed by atoms with Crippen LogP contribution >= 0.6 is 11.6 Å². The molecule has 3 rings (SSSR count). The van der Waals surface area contributed by atoms with Crippen LogP contribution in [0.4, 0.5) is 0 Å². The van der Waals surface area contributed by atoms with Crippen molar-refractivity contribution in [3.05, 3.63) is 40.3 Å². The molecule has 0 atom stereocenters. The maximum atomic E-state index is 12.4. The van der Waals surface area contributed by atoms with E-state index >= 15 is 0 Å². The van der Waals surface area contributed by atoms with Crippen LogP contribution in [-0.4, -0.2) is 60.8 Å². The summed E-state index contributed by atoms with van der Waals surface area (Å²) in [5, 5.41) is 2.96. The molecule has 0 saturated carbocycles. The van der Waals surface area contributed by atoms with Gasteiger partial charge in [-0.2, -0.15) is 0 Å². The largest absolute Gasteiger partial charge is 0.380 e. The topological polar surface area (TPSA) is 71.5 Å². The van der Waals surface area contributed by atoms with E-state index in [0.717, 1.165) is 39.3 Å². The van der Waals surface area contributed by atoms with E-state index in [1.54, 1.807) is 12.1 Å². The van der Waals surface area contributed by atoms with Crippen molar-refractivity contribution in [2.24, 2.45) is 0 Å². The minimum absolute atomic E-state index is 0.0538. The number of halogens is 1. The molecule has 0 radical (unpaired) electrons. The van der Waals surface area contributed by atoms with Gasteiger partial charge in [-0.3, -0.25) is 19.5 Å². The summed E-state index contributed by atoms with van der Waals surface area (Å²) in [5.74, 6) is -0.679. The second kappa shape index (κ2) is 7.21. The standard InChI is InChI=1S/C16H18ClN3O3/c17-12-14(19-5-2-6-20-7-9-23-10-8-20)16(22)13-11(15(12)21)3-1-4-18-13/h1,3-4,19H,2,5-10H2. The van der Waals surface area contributed by atoms with Gasteiger partial charge in [0.2, 0.25) is 11.6 Å². The maximum Gasteiger partial charge on any atom is 0.229 e. The highest BCUT2D eigenvalue weighted by Crippen LogP contribution is 2.25. The zero-order valence-electron chi connectivity index (χ0n) is 12.7. The number of aromatic nitrogens is 1. The molecule has 23 heavy (non-hydrogen) atoms. The number of Topliss-reactive ketones (excluding diaryl/α,β-unsaturated/α-hetero) is 2. The van der Waals surface area contributed by atoms with Gasteiger partial charge in [0, 0.05) is 25.8 Å². The molecule has 0 unspecified atom stereocenters. The number of ketones is 2.